The molecule has 6 nitrogen and oxygen atoms in total. The van der Waals surface area contributed by atoms with E-state index in [1.54, 1.807) is 6.20 Å². The number of nitrogens with zero attached hydrogens (tertiary/aromatic N) is 3. The smallest absolute Gasteiger partial charge is 0.404 e. The Hall–Kier alpha value is -2.20. The lowest BCUT2D eigenvalue weighted by molar-refractivity contribution is -0.275. The van der Waals surface area contributed by atoms with Crippen LogP contribution in [0.1, 0.15) is 11.3 Å². The van der Waals surface area contributed by atoms with Crippen molar-refractivity contribution >= 4 is 10.0 Å². The number of ether oxygens (including phenoxy) is 1. The molecule has 0 saturated heterocycles. The molecule has 0 N–H and O–H groups in total. The summed E-state index contributed by atoms with van der Waals surface area (Å²) >= 11 is 0. The van der Waals surface area contributed by atoms with E-state index in [2.05, 4.69) is 14.7 Å². The second kappa shape index (κ2) is 6.02. The van der Waals surface area contributed by atoms with Gasteiger partial charge >= 0.3 is 6.36 Å². The number of hydrogen-bond acceptors (Lipinski definition) is 5. The van der Waals surface area contributed by atoms with Gasteiger partial charge in [-0.3, -0.25) is 0 Å². The monoisotopic (exact) mass is 359 g/mol. The van der Waals surface area contributed by atoms with Crippen LogP contribution in [-0.4, -0.2) is 35.6 Å². The second-order valence-electron chi connectivity index (χ2n) is 5.08. The molecule has 0 amide bonds. The third kappa shape index (κ3) is 3.34. The predicted molar refractivity (Wildman–Crippen MR) is 76.5 cm³/mol. The molecule has 0 atom stereocenters. The van der Waals surface area contributed by atoms with Crippen molar-refractivity contribution in [1.82, 2.24) is 14.3 Å². The molecule has 1 aromatic carbocycles. The highest BCUT2D eigenvalue weighted by Crippen LogP contribution is 2.32. The molecule has 1 aliphatic heterocycles. The van der Waals surface area contributed by atoms with E-state index in [0.717, 1.165) is 22.0 Å². The zero-order chi connectivity index (χ0) is 17.4. The number of halogens is 3. The molecule has 0 bridgehead atoms. The zero-order valence-corrected chi connectivity index (χ0v) is 13.0. The van der Waals surface area contributed by atoms with Crippen LogP contribution in [0.15, 0.2) is 41.7 Å². The first-order chi connectivity index (χ1) is 11.3. The van der Waals surface area contributed by atoms with Crippen LogP contribution in [0.3, 0.4) is 0 Å². The number of fused-ring (bicyclic) bond motifs is 1. The zero-order valence-electron chi connectivity index (χ0n) is 12.2. The van der Waals surface area contributed by atoms with Gasteiger partial charge in [0, 0.05) is 12.7 Å². The highest BCUT2D eigenvalue weighted by atomic mass is 32.2. The Morgan fingerprint density at radius 3 is 2.71 bits per heavy atom. The molecule has 3 rings (SSSR count). The van der Waals surface area contributed by atoms with Crippen LogP contribution in [-0.2, 0) is 23.0 Å². The van der Waals surface area contributed by atoms with Crippen LogP contribution in [0, 0.1) is 0 Å². The highest BCUT2D eigenvalue weighted by Gasteiger charge is 2.36. The standard InChI is InChI=1S/C14H12F3N3O3S/c15-14(16,17)23-12-3-1-2-4-13(12)24(21,22)20-6-5-10-7-18-9-19-11(10)8-20/h1-4,7,9H,5-6,8H2. The van der Waals surface area contributed by atoms with Crippen molar-refractivity contribution < 1.29 is 26.3 Å². The number of alkyl halides is 3. The highest BCUT2D eigenvalue weighted by molar-refractivity contribution is 7.89. The fourth-order valence-corrected chi connectivity index (χ4v) is 3.96. The summed E-state index contributed by atoms with van der Waals surface area (Å²) in [6.07, 6.45) is -1.69. The normalized spacial score (nSPS) is 15.8. The average molecular weight is 359 g/mol. The fraction of sp³-hybridized carbons (Fsp3) is 0.286. The quantitative estimate of drug-likeness (QED) is 0.839. The summed E-state index contributed by atoms with van der Waals surface area (Å²) < 4.78 is 67.9. The van der Waals surface area contributed by atoms with Gasteiger partial charge in [-0.25, -0.2) is 18.4 Å². The van der Waals surface area contributed by atoms with Gasteiger partial charge in [-0.1, -0.05) is 12.1 Å². The molecule has 0 spiro atoms. The van der Waals surface area contributed by atoms with Crippen LogP contribution in [0.4, 0.5) is 13.2 Å². The van der Waals surface area contributed by atoms with E-state index in [1.807, 2.05) is 0 Å². The lowest BCUT2D eigenvalue weighted by Crippen LogP contribution is -2.37. The van der Waals surface area contributed by atoms with Crippen LogP contribution in [0.25, 0.3) is 0 Å². The van der Waals surface area contributed by atoms with E-state index < -0.39 is 27.0 Å². The predicted octanol–water partition coefficient (Wildman–Crippen LogP) is 2.12. The fourth-order valence-electron chi connectivity index (χ4n) is 2.44. The molecule has 0 fully saturated rings. The molecule has 2 aromatic rings. The summed E-state index contributed by atoms with van der Waals surface area (Å²) in [7, 11) is -4.16. The Morgan fingerprint density at radius 2 is 1.96 bits per heavy atom. The Balaban J connectivity index is 1.95. The van der Waals surface area contributed by atoms with Gasteiger partial charge < -0.3 is 4.74 Å². The first-order valence-corrected chi connectivity index (χ1v) is 8.34. The van der Waals surface area contributed by atoms with Crippen molar-refractivity contribution in [1.29, 1.82) is 0 Å². The Kier molecular flexibility index (Phi) is 4.18. The Labute approximate surface area is 136 Å². The number of aromatic nitrogens is 2. The molecule has 10 heteroatoms. The number of hydrogen-bond donors (Lipinski definition) is 0. The van der Waals surface area contributed by atoms with Gasteiger partial charge in [0.1, 0.15) is 17.0 Å². The topological polar surface area (TPSA) is 72.4 Å². The van der Waals surface area contributed by atoms with E-state index in [9.17, 15) is 21.6 Å². The third-order valence-corrected chi connectivity index (χ3v) is 5.42. The molecule has 0 unspecified atom stereocenters. The maximum atomic E-state index is 12.7. The van der Waals surface area contributed by atoms with E-state index in [1.165, 1.54) is 18.5 Å². The Bertz CT molecular complexity index is 856. The minimum atomic E-state index is -4.98. The number of sulfonamides is 1. The summed E-state index contributed by atoms with van der Waals surface area (Å²) in [5.74, 6) is -0.751. The van der Waals surface area contributed by atoms with Crippen LogP contribution in [0.2, 0.25) is 0 Å². The molecular formula is C14H12F3N3O3S. The van der Waals surface area contributed by atoms with E-state index in [4.69, 9.17) is 0 Å². The van der Waals surface area contributed by atoms with Gasteiger partial charge in [0.2, 0.25) is 10.0 Å². The van der Waals surface area contributed by atoms with Crippen molar-refractivity contribution in [2.45, 2.75) is 24.2 Å². The van der Waals surface area contributed by atoms with Gasteiger partial charge in [0.05, 0.1) is 12.2 Å². The summed E-state index contributed by atoms with van der Waals surface area (Å²) in [6, 6.07) is 4.68. The molecule has 1 aliphatic rings. The largest absolute Gasteiger partial charge is 0.573 e. The minimum absolute atomic E-state index is 0.0272. The summed E-state index contributed by atoms with van der Waals surface area (Å²) in [5.41, 5.74) is 1.36. The van der Waals surface area contributed by atoms with E-state index in [-0.39, 0.29) is 13.1 Å². The van der Waals surface area contributed by atoms with Crippen LogP contribution in [0.5, 0.6) is 5.75 Å². The molecule has 128 valence electrons. The second-order valence-corrected chi connectivity index (χ2v) is 6.98. The van der Waals surface area contributed by atoms with E-state index >= 15 is 0 Å². The summed E-state index contributed by atoms with van der Waals surface area (Å²) in [6.45, 7) is 0.101. The SMILES string of the molecule is O=S(=O)(c1ccccc1OC(F)(F)F)N1CCc2cncnc2C1. The summed E-state index contributed by atoms with van der Waals surface area (Å²) in [5, 5.41) is 0. The maximum absolute atomic E-state index is 12.7. The van der Waals surface area contributed by atoms with Gasteiger partial charge in [-0.2, -0.15) is 4.31 Å². The molecule has 0 saturated carbocycles. The molecule has 2 heterocycles. The van der Waals surface area contributed by atoms with Crippen molar-refractivity contribution in [3.8, 4) is 5.75 Å². The number of rotatable bonds is 3. The minimum Gasteiger partial charge on any atom is -0.404 e. The van der Waals surface area contributed by atoms with Crippen molar-refractivity contribution in [2.24, 2.45) is 0 Å². The summed E-state index contributed by atoms with van der Waals surface area (Å²) in [4.78, 5) is 7.38. The first kappa shape index (κ1) is 16.7. The van der Waals surface area contributed by atoms with Gasteiger partial charge in [0.15, 0.2) is 0 Å². The van der Waals surface area contributed by atoms with Crippen molar-refractivity contribution in [3.05, 3.63) is 48.0 Å². The van der Waals surface area contributed by atoms with Gasteiger partial charge in [0.25, 0.3) is 0 Å². The van der Waals surface area contributed by atoms with Crippen LogP contribution < -0.4 is 4.74 Å². The third-order valence-electron chi connectivity index (χ3n) is 3.53. The lowest BCUT2D eigenvalue weighted by atomic mass is 10.1. The molecular weight excluding hydrogens is 347 g/mol. The maximum Gasteiger partial charge on any atom is 0.573 e. The van der Waals surface area contributed by atoms with Crippen molar-refractivity contribution in [3.63, 3.8) is 0 Å². The first-order valence-electron chi connectivity index (χ1n) is 6.90. The van der Waals surface area contributed by atoms with E-state index in [0.29, 0.717) is 12.1 Å². The number of benzene rings is 1. The molecule has 1 aromatic heterocycles. The molecule has 0 radical (unpaired) electrons. The lowest BCUT2D eigenvalue weighted by Gasteiger charge is -2.27. The number of para-hydroxylation sites is 1. The van der Waals surface area contributed by atoms with Gasteiger partial charge in [-0.05, 0) is 24.1 Å². The van der Waals surface area contributed by atoms with Crippen LogP contribution >= 0.6 is 0 Å². The van der Waals surface area contributed by atoms with Crippen molar-refractivity contribution in [2.75, 3.05) is 6.54 Å². The Morgan fingerprint density at radius 1 is 1.21 bits per heavy atom. The molecule has 0 aliphatic carbocycles. The average Bonchev–Trinajstić information content (AvgIpc) is 2.53. The molecule has 24 heavy (non-hydrogen) atoms. The van der Waals surface area contributed by atoms with Gasteiger partial charge in [-0.15, -0.1) is 13.2 Å².